The first-order valence-corrected chi connectivity index (χ1v) is 8.66. The van der Waals surface area contributed by atoms with Gasteiger partial charge in [0.2, 0.25) is 23.6 Å². The van der Waals surface area contributed by atoms with E-state index in [1.807, 2.05) is 0 Å². The Morgan fingerprint density at radius 2 is 0.857 bits per heavy atom. The Morgan fingerprint density at radius 3 is 1.18 bits per heavy atom. The molecular formula is C16H26N4O8. The molecule has 0 heterocycles. The van der Waals surface area contributed by atoms with Gasteiger partial charge in [-0.2, -0.15) is 0 Å². The molecule has 0 spiro atoms. The molecule has 4 amide bonds. The Morgan fingerprint density at radius 1 is 0.536 bits per heavy atom. The summed E-state index contributed by atoms with van der Waals surface area (Å²) >= 11 is 0. The highest BCUT2D eigenvalue weighted by molar-refractivity contribution is 5.90. The van der Waals surface area contributed by atoms with Gasteiger partial charge in [0.15, 0.2) is 0 Å². The molecule has 0 aliphatic carbocycles. The van der Waals surface area contributed by atoms with E-state index in [9.17, 15) is 28.8 Å². The zero-order valence-corrected chi connectivity index (χ0v) is 15.9. The van der Waals surface area contributed by atoms with Crippen molar-refractivity contribution < 1.29 is 38.2 Å². The maximum Gasteiger partial charge on any atom is 0.325 e. The molecule has 158 valence electrons. The van der Waals surface area contributed by atoms with E-state index in [1.54, 1.807) is 13.8 Å². The van der Waals surface area contributed by atoms with Crippen LogP contribution in [-0.2, 0) is 38.2 Å². The van der Waals surface area contributed by atoms with Crippen molar-refractivity contribution in [3.63, 3.8) is 0 Å². The summed E-state index contributed by atoms with van der Waals surface area (Å²) in [7, 11) is 0. The van der Waals surface area contributed by atoms with E-state index in [1.165, 1.54) is 0 Å². The van der Waals surface area contributed by atoms with Gasteiger partial charge in [0.1, 0.15) is 13.1 Å². The van der Waals surface area contributed by atoms with Crippen LogP contribution < -0.4 is 21.3 Å². The van der Waals surface area contributed by atoms with Gasteiger partial charge in [-0.25, -0.2) is 0 Å². The Labute approximate surface area is 162 Å². The van der Waals surface area contributed by atoms with Crippen molar-refractivity contribution in [3.05, 3.63) is 0 Å². The van der Waals surface area contributed by atoms with Crippen molar-refractivity contribution in [2.24, 2.45) is 0 Å². The lowest BCUT2D eigenvalue weighted by Crippen LogP contribution is -2.40. The molecule has 28 heavy (non-hydrogen) atoms. The molecule has 0 saturated heterocycles. The molecule has 12 nitrogen and oxygen atoms in total. The minimum Gasteiger partial charge on any atom is -0.465 e. The largest absolute Gasteiger partial charge is 0.465 e. The molecule has 0 aliphatic rings. The fourth-order valence-electron chi connectivity index (χ4n) is 1.65. The highest BCUT2D eigenvalue weighted by Gasteiger charge is 2.11. The number of carbonyl (C=O) groups excluding carboxylic acids is 6. The van der Waals surface area contributed by atoms with Gasteiger partial charge in [0.05, 0.1) is 26.3 Å². The minimum absolute atomic E-state index is 0.193. The third kappa shape index (κ3) is 14.0. The monoisotopic (exact) mass is 402 g/mol. The fourth-order valence-corrected chi connectivity index (χ4v) is 1.65. The standard InChI is InChI=1S/C16H26N4O8/c1-3-27-15(25)9-19-13(23)7-17-11(21)5-6-12(22)18-8-14(24)20-10-16(26)28-4-2/h3-10H2,1-2H3,(H,17,21)(H,18,22)(H,19,23)(H,20,24). The summed E-state index contributed by atoms with van der Waals surface area (Å²) in [4.78, 5) is 68.1. The molecule has 0 fully saturated rings. The van der Waals surface area contributed by atoms with E-state index < -0.39 is 35.6 Å². The highest BCUT2D eigenvalue weighted by Crippen LogP contribution is 1.89. The molecule has 0 rings (SSSR count). The van der Waals surface area contributed by atoms with Crippen molar-refractivity contribution in [3.8, 4) is 0 Å². The molecule has 0 aromatic carbocycles. The first kappa shape index (κ1) is 24.8. The topological polar surface area (TPSA) is 169 Å². The van der Waals surface area contributed by atoms with Crippen molar-refractivity contribution in [2.75, 3.05) is 39.4 Å². The molecule has 0 aromatic heterocycles. The Hall–Kier alpha value is -3.18. The number of rotatable bonds is 13. The number of hydrogen-bond donors (Lipinski definition) is 4. The van der Waals surface area contributed by atoms with Gasteiger partial charge in [-0.15, -0.1) is 0 Å². The van der Waals surface area contributed by atoms with Gasteiger partial charge in [0.25, 0.3) is 0 Å². The lowest BCUT2D eigenvalue weighted by Gasteiger charge is -2.08. The van der Waals surface area contributed by atoms with Crippen LogP contribution in [0.4, 0.5) is 0 Å². The van der Waals surface area contributed by atoms with E-state index in [2.05, 4.69) is 30.7 Å². The van der Waals surface area contributed by atoms with Crippen LogP contribution in [0.5, 0.6) is 0 Å². The van der Waals surface area contributed by atoms with Crippen LogP contribution in [0.15, 0.2) is 0 Å². The first-order valence-electron chi connectivity index (χ1n) is 8.66. The van der Waals surface area contributed by atoms with Gasteiger partial charge < -0.3 is 30.7 Å². The van der Waals surface area contributed by atoms with Crippen molar-refractivity contribution in [1.82, 2.24) is 21.3 Å². The maximum absolute atomic E-state index is 11.6. The van der Waals surface area contributed by atoms with Gasteiger partial charge >= 0.3 is 11.9 Å². The van der Waals surface area contributed by atoms with Crippen LogP contribution in [0.1, 0.15) is 26.7 Å². The Kier molecular flexibility index (Phi) is 13.2. The summed E-state index contributed by atoms with van der Waals surface area (Å²) in [6, 6.07) is 0. The van der Waals surface area contributed by atoms with Gasteiger partial charge in [-0.1, -0.05) is 0 Å². The summed E-state index contributed by atoms with van der Waals surface area (Å²) in [6.07, 6.45) is -0.386. The number of esters is 2. The minimum atomic E-state index is -0.592. The second kappa shape index (κ2) is 14.9. The third-order valence-electron chi connectivity index (χ3n) is 2.94. The lowest BCUT2D eigenvalue weighted by molar-refractivity contribution is -0.143. The first-order chi connectivity index (χ1) is 13.3. The predicted molar refractivity (Wildman–Crippen MR) is 94.5 cm³/mol. The second-order valence-corrected chi connectivity index (χ2v) is 5.22. The van der Waals surface area contributed by atoms with Crippen molar-refractivity contribution in [2.45, 2.75) is 26.7 Å². The smallest absolute Gasteiger partial charge is 0.325 e. The number of amides is 4. The average Bonchev–Trinajstić information content (AvgIpc) is 2.66. The number of nitrogens with one attached hydrogen (secondary N) is 4. The van der Waals surface area contributed by atoms with Crippen LogP contribution in [0, 0.1) is 0 Å². The van der Waals surface area contributed by atoms with Gasteiger partial charge in [-0.3, -0.25) is 28.8 Å². The fraction of sp³-hybridized carbons (Fsp3) is 0.625. The van der Waals surface area contributed by atoms with Crippen molar-refractivity contribution in [1.29, 1.82) is 0 Å². The highest BCUT2D eigenvalue weighted by atomic mass is 16.5. The quantitative estimate of drug-likeness (QED) is 0.242. The van der Waals surface area contributed by atoms with Gasteiger partial charge in [-0.05, 0) is 13.8 Å². The molecule has 0 saturated carbocycles. The summed E-state index contributed by atoms with van der Waals surface area (Å²) in [6.45, 7) is 2.34. The third-order valence-corrected chi connectivity index (χ3v) is 2.94. The molecule has 4 N–H and O–H groups in total. The van der Waals surface area contributed by atoms with E-state index in [4.69, 9.17) is 0 Å². The summed E-state index contributed by atoms with van der Waals surface area (Å²) in [5.41, 5.74) is 0. The van der Waals surface area contributed by atoms with Crippen LogP contribution >= 0.6 is 0 Å². The second-order valence-electron chi connectivity index (χ2n) is 5.22. The van der Waals surface area contributed by atoms with E-state index >= 15 is 0 Å². The van der Waals surface area contributed by atoms with Crippen LogP contribution in [0.3, 0.4) is 0 Å². The van der Waals surface area contributed by atoms with E-state index in [0.717, 1.165) is 0 Å². The summed E-state index contributed by atoms with van der Waals surface area (Å²) < 4.78 is 9.25. The van der Waals surface area contributed by atoms with E-state index in [0.29, 0.717) is 0 Å². The van der Waals surface area contributed by atoms with Crippen molar-refractivity contribution >= 4 is 35.6 Å². The molecular weight excluding hydrogens is 376 g/mol. The number of ether oxygens (including phenoxy) is 2. The molecule has 0 unspecified atom stereocenters. The predicted octanol–water partition coefficient (Wildman–Crippen LogP) is -2.64. The molecule has 0 radical (unpaired) electrons. The zero-order chi connectivity index (χ0) is 21.4. The average molecular weight is 402 g/mol. The molecule has 0 bridgehead atoms. The summed E-state index contributed by atoms with van der Waals surface area (Å²) in [5.74, 6) is -3.44. The van der Waals surface area contributed by atoms with E-state index in [-0.39, 0.29) is 52.2 Å². The van der Waals surface area contributed by atoms with Crippen LogP contribution in [-0.4, -0.2) is 75.0 Å². The number of carbonyl (C=O) groups is 6. The molecule has 12 heteroatoms. The molecule has 0 aromatic rings. The van der Waals surface area contributed by atoms with Crippen LogP contribution in [0.2, 0.25) is 0 Å². The SMILES string of the molecule is CCOC(=O)CNC(=O)CNC(=O)CCC(=O)NCC(=O)NCC(=O)OCC. The maximum atomic E-state index is 11.6. The normalized spacial score (nSPS) is 9.64. The van der Waals surface area contributed by atoms with Crippen LogP contribution in [0.25, 0.3) is 0 Å². The zero-order valence-electron chi connectivity index (χ0n) is 15.9. The lowest BCUT2D eigenvalue weighted by atomic mass is 10.3. The Bertz CT molecular complexity index is 529. The molecule has 0 atom stereocenters. The molecule has 0 aliphatic heterocycles. The Balaban J connectivity index is 3.84. The number of hydrogen-bond acceptors (Lipinski definition) is 8. The van der Waals surface area contributed by atoms with Gasteiger partial charge in [0, 0.05) is 12.8 Å². The summed E-state index contributed by atoms with van der Waals surface area (Å²) in [5, 5.41) is 9.11.